The Balaban J connectivity index is 1.47. The third-order valence-electron chi connectivity index (χ3n) is 4.02. The Bertz CT molecular complexity index is 1040. The fraction of sp³-hybridized carbons (Fsp3) is 0.0870. The summed E-state index contributed by atoms with van der Waals surface area (Å²) in [6.07, 6.45) is 1.85. The van der Waals surface area contributed by atoms with Gasteiger partial charge in [-0.3, -0.25) is 4.79 Å². The van der Waals surface area contributed by atoms with Gasteiger partial charge >= 0.3 is 0 Å². The Morgan fingerprint density at radius 3 is 2.55 bits per heavy atom. The predicted octanol–water partition coefficient (Wildman–Crippen LogP) is 4.59. The smallest absolute Gasteiger partial charge is 0.244 e. The Hall–Kier alpha value is -3.43. The van der Waals surface area contributed by atoms with E-state index in [2.05, 4.69) is 32.5 Å². The van der Waals surface area contributed by atoms with Gasteiger partial charge in [0.15, 0.2) is 0 Å². The van der Waals surface area contributed by atoms with E-state index in [9.17, 15) is 4.79 Å². The molecule has 0 fully saturated rings. The molecule has 0 spiro atoms. The molecular formula is C23H18BrN3O2. The highest BCUT2D eigenvalue weighted by Crippen LogP contribution is 2.14. The molecule has 0 bridgehead atoms. The number of hydrazone groups is 1. The van der Waals surface area contributed by atoms with E-state index in [1.54, 1.807) is 18.3 Å². The van der Waals surface area contributed by atoms with Gasteiger partial charge in [-0.25, -0.2) is 5.43 Å². The van der Waals surface area contributed by atoms with Crippen LogP contribution in [-0.2, 0) is 17.8 Å². The van der Waals surface area contributed by atoms with Crippen LogP contribution < -0.4 is 10.2 Å². The molecule has 0 saturated carbocycles. The first-order valence-corrected chi connectivity index (χ1v) is 9.70. The number of hydrogen-bond acceptors (Lipinski definition) is 4. The molecule has 144 valence electrons. The number of rotatable bonds is 7. The second-order valence-corrected chi connectivity index (χ2v) is 7.18. The zero-order valence-electron chi connectivity index (χ0n) is 15.5. The van der Waals surface area contributed by atoms with Crippen molar-refractivity contribution in [3.63, 3.8) is 0 Å². The molecule has 0 saturated heterocycles. The van der Waals surface area contributed by atoms with Crippen molar-refractivity contribution in [3.8, 4) is 11.8 Å². The number of nitriles is 1. The summed E-state index contributed by atoms with van der Waals surface area (Å²) in [5.41, 5.74) is 5.83. The summed E-state index contributed by atoms with van der Waals surface area (Å²) in [5.74, 6) is 0.534. The summed E-state index contributed by atoms with van der Waals surface area (Å²) >= 11 is 3.37. The van der Waals surface area contributed by atoms with Crippen molar-refractivity contribution >= 4 is 28.1 Å². The van der Waals surface area contributed by atoms with Crippen LogP contribution in [0.1, 0.15) is 22.3 Å². The van der Waals surface area contributed by atoms with Crippen molar-refractivity contribution < 1.29 is 9.53 Å². The molecule has 3 aromatic rings. The maximum Gasteiger partial charge on any atom is 0.244 e. The molecule has 0 aliphatic heterocycles. The van der Waals surface area contributed by atoms with E-state index in [1.165, 1.54) is 0 Å². The van der Waals surface area contributed by atoms with E-state index < -0.39 is 0 Å². The summed E-state index contributed by atoms with van der Waals surface area (Å²) in [7, 11) is 0. The molecule has 0 aliphatic carbocycles. The van der Waals surface area contributed by atoms with E-state index in [-0.39, 0.29) is 12.3 Å². The lowest BCUT2D eigenvalue weighted by atomic mass is 10.1. The molecule has 1 N–H and O–H groups in total. The van der Waals surface area contributed by atoms with Crippen LogP contribution in [0.25, 0.3) is 0 Å². The van der Waals surface area contributed by atoms with E-state index in [0.717, 1.165) is 21.2 Å². The van der Waals surface area contributed by atoms with Crippen LogP contribution >= 0.6 is 15.9 Å². The van der Waals surface area contributed by atoms with Gasteiger partial charge in [0, 0.05) is 4.47 Å². The van der Waals surface area contributed by atoms with E-state index in [0.29, 0.717) is 17.9 Å². The number of ether oxygens (including phenoxy) is 1. The number of carbonyl (C=O) groups is 1. The molecule has 1 amide bonds. The number of amides is 1. The predicted molar refractivity (Wildman–Crippen MR) is 116 cm³/mol. The minimum Gasteiger partial charge on any atom is -0.489 e. The van der Waals surface area contributed by atoms with Crippen LogP contribution in [-0.4, -0.2) is 12.1 Å². The average molecular weight is 448 g/mol. The minimum atomic E-state index is -0.178. The molecule has 0 heterocycles. The molecule has 0 aromatic heterocycles. The van der Waals surface area contributed by atoms with E-state index in [4.69, 9.17) is 10.00 Å². The molecular weight excluding hydrogens is 430 g/mol. The zero-order chi connectivity index (χ0) is 20.5. The number of halogens is 1. The molecule has 0 aliphatic rings. The van der Waals surface area contributed by atoms with Crippen LogP contribution in [0.5, 0.6) is 5.75 Å². The fourth-order valence-electron chi connectivity index (χ4n) is 2.55. The second-order valence-electron chi connectivity index (χ2n) is 6.27. The standard InChI is InChI=1S/C23H18BrN3O2/c24-21-8-4-17(5-9-21)13-23(28)27-26-15-18-6-10-22(11-7-18)29-16-20-3-1-2-19(12-20)14-25/h1-12,15H,13,16H2,(H,27,28)/b26-15-. The van der Waals surface area contributed by atoms with Gasteiger partial charge in [0.25, 0.3) is 0 Å². The van der Waals surface area contributed by atoms with Crippen molar-refractivity contribution in [1.29, 1.82) is 5.26 Å². The summed E-state index contributed by atoms with van der Waals surface area (Å²) in [6.45, 7) is 0.384. The van der Waals surface area contributed by atoms with Gasteiger partial charge in [-0.15, -0.1) is 0 Å². The van der Waals surface area contributed by atoms with Crippen molar-refractivity contribution in [3.05, 3.63) is 99.5 Å². The highest BCUT2D eigenvalue weighted by atomic mass is 79.9. The first-order valence-electron chi connectivity index (χ1n) is 8.90. The Kier molecular flexibility index (Phi) is 7.15. The van der Waals surface area contributed by atoms with Gasteiger partial charge in [0.05, 0.1) is 24.3 Å². The van der Waals surface area contributed by atoms with Crippen LogP contribution in [0.4, 0.5) is 0 Å². The number of nitrogens with one attached hydrogen (secondary N) is 1. The normalized spacial score (nSPS) is 10.5. The van der Waals surface area contributed by atoms with Crippen LogP contribution in [0, 0.1) is 11.3 Å². The molecule has 3 aromatic carbocycles. The lowest BCUT2D eigenvalue weighted by molar-refractivity contribution is -0.120. The Labute approximate surface area is 177 Å². The fourth-order valence-corrected chi connectivity index (χ4v) is 2.82. The van der Waals surface area contributed by atoms with E-state index in [1.807, 2.05) is 60.7 Å². The second kappa shape index (κ2) is 10.2. The number of nitrogens with zero attached hydrogens (tertiary/aromatic N) is 2. The van der Waals surface area contributed by atoms with Gasteiger partial charge in [-0.2, -0.15) is 10.4 Å². The summed E-state index contributed by atoms with van der Waals surface area (Å²) in [5, 5.41) is 12.9. The Morgan fingerprint density at radius 2 is 1.83 bits per heavy atom. The molecule has 0 unspecified atom stereocenters. The molecule has 0 atom stereocenters. The summed E-state index contributed by atoms with van der Waals surface area (Å²) in [4.78, 5) is 11.9. The zero-order valence-corrected chi connectivity index (χ0v) is 17.1. The number of hydrogen-bond donors (Lipinski definition) is 1. The molecule has 5 nitrogen and oxygen atoms in total. The van der Waals surface area contributed by atoms with Gasteiger partial charge < -0.3 is 4.74 Å². The highest BCUT2D eigenvalue weighted by molar-refractivity contribution is 9.10. The number of carbonyl (C=O) groups excluding carboxylic acids is 1. The molecule has 0 radical (unpaired) electrons. The van der Waals surface area contributed by atoms with E-state index >= 15 is 0 Å². The molecule has 6 heteroatoms. The molecule has 3 rings (SSSR count). The quantitative estimate of drug-likeness (QED) is 0.424. The lowest BCUT2D eigenvalue weighted by Crippen LogP contribution is -2.19. The van der Waals surface area contributed by atoms with Gasteiger partial charge in [-0.1, -0.05) is 40.2 Å². The average Bonchev–Trinajstić information content (AvgIpc) is 2.75. The SMILES string of the molecule is N#Cc1cccc(COc2ccc(/C=N\NC(=O)Cc3ccc(Br)cc3)cc2)c1. The van der Waals surface area contributed by atoms with Gasteiger partial charge in [0.2, 0.25) is 5.91 Å². The summed E-state index contributed by atoms with van der Waals surface area (Å²) in [6, 6.07) is 24.4. The third kappa shape index (κ3) is 6.59. The molecule has 29 heavy (non-hydrogen) atoms. The summed E-state index contributed by atoms with van der Waals surface area (Å²) < 4.78 is 6.71. The topological polar surface area (TPSA) is 74.5 Å². The Morgan fingerprint density at radius 1 is 1.07 bits per heavy atom. The maximum atomic E-state index is 11.9. The van der Waals surface area contributed by atoms with Crippen molar-refractivity contribution in [2.24, 2.45) is 5.10 Å². The highest BCUT2D eigenvalue weighted by Gasteiger charge is 2.02. The minimum absolute atomic E-state index is 0.178. The largest absolute Gasteiger partial charge is 0.489 e. The lowest BCUT2D eigenvalue weighted by Gasteiger charge is -2.06. The van der Waals surface area contributed by atoms with Crippen LogP contribution in [0.2, 0.25) is 0 Å². The van der Waals surface area contributed by atoms with Crippen LogP contribution in [0.3, 0.4) is 0 Å². The van der Waals surface area contributed by atoms with Crippen LogP contribution in [0.15, 0.2) is 82.4 Å². The van der Waals surface area contributed by atoms with Gasteiger partial charge in [-0.05, 0) is 65.2 Å². The third-order valence-corrected chi connectivity index (χ3v) is 4.55. The first-order chi connectivity index (χ1) is 14.1. The van der Waals surface area contributed by atoms with Crippen molar-refractivity contribution in [2.45, 2.75) is 13.0 Å². The maximum absolute atomic E-state index is 11.9. The monoisotopic (exact) mass is 447 g/mol. The van der Waals surface area contributed by atoms with Crippen molar-refractivity contribution in [1.82, 2.24) is 5.43 Å². The number of benzene rings is 3. The van der Waals surface area contributed by atoms with Crippen molar-refractivity contribution in [2.75, 3.05) is 0 Å². The first kappa shape index (κ1) is 20.3. The van der Waals surface area contributed by atoms with Gasteiger partial charge in [0.1, 0.15) is 12.4 Å².